The lowest BCUT2D eigenvalue weighted by Crippen LogP contribution is -2.48. The summed E-state index contributed by atoms with van der Waals surface area (Å²) in [6.45, 7) is 2.63. The fourth-order valence-corrected chi connectivity index (χ4v) is 5.72. The summed E-state index contributed by atoms with van der Waals surface area (Å²) in [6.07, 6.45) is 25.5. The van der Waals surface area contributed by atoms with Crippen molar-refractivity contribution >= 4 is 24.1 Å². The van der Waals surface area contributed by atoms with Crippen molar-refractivity contribution in [2.75, 3.05) is 33.4 Å². The average Bonchev–Trinajstić information content (AvgIpc) is 3.30. The van der Waals surface area contributed by atoms with E-state index in [1.165, 1.54) is 0 Å². The highest BCUT2D eigenvalue weighted by Crippen LogP contribution is 2.27. The van der Waals surface area contributed by atoms with Crippen LogP contribution in [0.3, 0.4) is 0 Å². The number of aryl methyl sites for hydroxylation is 1. The second kappa shape index (κ2) is 15.1. The van der Waals surface area contributed by atoms with E-state index in [4.69, 9.17) is 20.2 Å². The molecule has 2 aliphatic carbocycles. The van der Waals surface area contributed by atoms with Gasteiger partial charge in [-0.05, 0) is 57.1 Å². The normalized spacial score (nSPS) is 23.5. The molecule has 0 saturated carbocycles. The highest BCUT2D eigenvalue weighted by Gasteiger charge is 2.30. The van der Waals surface area contributed by atoms with E-state index >= 15 is 0 Å². The van der Waals surface area contributed by atoms with Gasteiger partial charge < -0.3 is 15.3 Å². The highest BCUT2D eigenvalue weighted by atomic mass is 16.3. The molecule has 0 radical (unpaired) electrons. The molecule has 3 heterocycles. The van der Waals surface area contributed by atoms with E-state index in [1.54, 1.807) is 0 Å². The Morgan fingerprint density at radius 3 is 2.62 bits per heavy atom. The second-order valence-corrected chi connectivity index (χ2v) is 10.4. The Morgan fingerprint density at radius 1 is 1.00 bits per heavy atom. The number of aliphatic hydroxyl groups excluding tert-OH is 3. The standard InChI is InChI=1S/C30H39N5O2.CH4O/c36-19-6-2-5-10-26-29(23-8-3-1-4-9-23)34-25-12-11-24(20-27(25)33-26)30(37)35-17-13-22(14-18-35)28-21-31-15-7-16-32-28;1-2/h1,3-4,7-8,12,16,20-24,30,36-37H,2,5-6,9-11,13-15,17-19H2;2H,1H3. The first-order valence-electron chi connectivity index (χ1n) is 14.4. The third kappa shape index (κ3) is 7.66. The number of hydrogen-bond acceptors (Lipinski definition) is 8. The first-order chi connectivity index (χ1) is 19.2. The summed E-state index contributed by atoms with van der Waals surface area (Å²) in [4.78, 5) is 21.4. The molecule has 8 nitrogen and oxygen atoms in total. The third-order valence-corrected chi connectivity index (χ3v) is 7.88. The van der Waals surface area contributed by atoms with Gasteiger partial charge in [-0.3, -0.25) is 14.9 Å². The van der Waals surface area contributed by atoms with Gasteiger partial charge >= 0.3 is 0 Å². The summed E-state index contributed by atoms with van der Waals surface area (Å²) in [5.74, 6) is 0.662. The molecule has 3 unspecified atom stereocenters. The lowest BCUT2D eigenvalue weighted by Gasteiger charge is -2.37. The van der Waals surface area contributed by atoms with Crippen LogP contribution in [0.15, 0.2) is 46.6 Å². The summed E-state index contributed by atoms with van der Waals surface area (Å²) in [7, 11) is 1.00. The first kappa shape index (κ1) is 29.2. The lowest BCUT2D eigenvalue weighted by molar-refractivity contribution is -0.0343. The van der Waals surface area contributed by atoms with Gasteiger partial charge in [0.1, 0.15) is 6.23 Å². The Hall–Kier alpha value is -2.78. The van der Waals surface area contributed by atoms with Gasteiger partial charge in [0.25, 0.3) is 0 Å². The van der Waals surface area contributed by atoms with Gasteiger partial charge in [0.2, 0.25) is 0 Å². The fraction of sp³-hybridized carbons (Fsp3) is 0.548. The largest absolute Gasteiger partial charge is 0.400 e. The SMILES string of the molecule is CO.OCCCCCc1nc2c(nc1C1C=CC=CC1)=CCC(C(O)N1CCC(C3=NC=CCN=C3)CC1)C=2. The van der Waals surface area contributed by atoms with Gasteiger partial charge in [0, 0.05) is 57.0 Å². The van der Waals surface area contributed by atoms with Crippen molar-refractivity contribution in [3.05, 3.63) is 58.7 Å². The molecule has 0 amide bonds. The topological polar surface area (TPSA) is 114 Å². The van der Waals surface area contributed by atoms with Crippen LogP contribution in [0.25, 0.3) is 12.2 Å². The zero-order valence-electron chi connectivity index (χ0n) is 23.1. The number of likely N-dealkylation sites (tertiary alicyclic amines) is 1. The smallest absolute Gasteiger partial charge is 0.114 e. The Labute approximate surface area is 231 Å². The molecule has 3 N–H and O–H groups in total. The molecular weight excluding hydrogens is 490 g/mol. The molecule has 3 atom stereocenters. The third-order valence-electron chi connectivity index (χ3n) is 7.88. The maximum Gasteiger partial charge on any atom is 0.114 e. The van der Waals surface area contributed by atoms with Crippen molar-refractivity contribution in [2.24, 2.45) is 21.8 Å². The maximum absolute atomic E-state index is 11.3. The number of fused-ring (bicyclic) bond motifs is 1. The van der Waals surface area contributed by atoms with Crippen LogP contribution in [0.2, 0.25) is 0 Å². The molecule has 0 aromatic carbocycles. The number of piperidine rings is 1. The van der Waals surface area contributed by atoms with Gasteiger partial charge in [-0.15, -0.1) is 0 Å². The minimum atomic E-state index is -0.532. The van der Waals surface area contributed by atoms with Crippen molar-refractivity contribution in [3.8, 4) is 0 Å². The number of allylic oxidation sites excluding steroid dienone is 4. The number of nitrogens with zero attached hydrogens (tertiary/aromatic N) is 5. The number of aliphatic hydroxyl groups is 3. The van der Waals surface area contributed by atoms with E-state index in [1.807, 2.05) is 18.5 Å². The molecule has 0 bridgehead atoms. The predicted octanol–water partition coefficient (Wildman–Crippen LogP) is 2.04. The van der Waals surface area contributed by atoms with Crippen LogP contribution < -0.4 is 10.7 Å². The van der Waals surface area contributed by atoms with Crippen LogP contribution in [0, 0.1) is 11.8 Å². The number of rotatable bonds is 9. The van der Waals surface area contributed by atoms with Crippen LogP contribution in [-0.2, 0) is 6.42 Å². The summed E-state index contributed by atoms with van der Waals surface area (Å²) < 4.78 is 0. The number of aliphatic imine (C=N–C) groups is 2. The predicted molar refractivity (Wildman–Crippen MR) is 157 cm³/mol. The Morgan fingerprint density at radius 2 is 1.85 bits per heavy atom. The number of unbranched alkanes of at least 4 members (excludes halogenated alkanes) is 2. The molecule has 4 aliphatic rings. The van der Waals surface area contributed by atoms with Crippen LogP contribution in [0.1, 0.15) is 62.3 Å². The van der Waals surface area contributed by atoms with Crippen LogP contribution >= 0.6 is 0 Å². The second-order valence-electron chi connectivity index (χ2n) is 10.4. The molecule has 2 aliphatic heterocycles. The van der Waals surface area contributed by atoms with Gasteiger partial charge in [-0.2, -0.15) is 0 Å². The molecule has 39 heavy (non-hydrogen) atoms. The van der Waals surface area contributed by atoms with Gasteiger partial charge in [-0.1, -0.05) is 36.8 Å². The lowest BCUT2D eigenvalue weighted by atomic mass is 9.90. The van der Waals surface area contributed by atoms with Crippen molar-refractivity contribution < 1.29 is 15.3 Å². The first-order valence-corrected chi connectivity index (χ1v) is 14.4. The Balaban J connectivity index is 0.00000172. The van der Waals surface area contributed by atoms with E-state index in [2.05, 4.69) is 51.3 Å². The summed E-state index contributed by atoms with van der Waals surface area (Å²) in [5.41, 5.74) is 3.20. The van der Waals surface area contributed by atoms with Gasteiger partial charge in [-0.25, -0.2) is 9.97 Å². The molecular formula is C31H43N5O3. The molecule has 5 rings (SSSR count). The molecule has 210 valence electrons. The zero-order valence-corrected chi connectivity index (χ0v) is 23.1. The van der Waals surface area contributed by atoms with Crippen LogP contribution in [0.4, 0.5) is 0 Å². The minimum absolute atomic E-state index is 0.00339. The molecule has 8 heteroatoms. The van der Waals surface area contributed by atoms with Crippen molar-refractivity contribution in [1.29, 1.82) is 0 Å². The average molecular weight is 534 g/mol. The van der Waals surface area contributed by atoms with E-state index in [0.29, 0.717) is 12.5 Å². The summed E-state index contributed by atoms with van der Waals surface area (Å²) >= 11 is 0. The van der Waals surface area contributed by atoms with Crippen molar-refractivity contribution in [1.82, 2.24) is 14.9 Å². The zero-order chi connectivity index (χ0) is 27.5. The Kier molecular flexibility index (Phi) is 11.3. The molecule has 1 fully saturated rings. The van der Waals surface area contributed by atoms with E-state index < -0.39 is 6.23 Å². The van der Waals surface area contributed by atoms with Crippen molar-refractivity contribution in [3.63, 3.8) is 0 Å². The fourth-order valence-electron chi connectivity index (χ4n) is 5.72. The van der Waals surface area contributed by atoms with Crippen LogP contribution in [0.5, 0.6) is 0 Å². The molecule has 1 aromatic heterocycles. The van der Waals surface area contributed by atoms with E-state index in [0.717, 1.165) is 99.4 Å². The molecule has 1 saturated heterocycles. The highest BCUT2D eigenvalue weighted by molar-refractivity contribution is 6.31. The van der Waals surface area contributed by atoms with Crippen LogP contribution in [-0.4, -0.2) is 81.7 Å². The Bertz CT molecular complexity index is 1210. The van der Waals surface area contributed by atoms with Gasteiger partial charge in [0.15, 0.2) is 0 Å². The number of aromatic nitrogens is 2. The number of hydrogen-bond donors (Lipinski definition) is 3. The minimum Gasteiger partial charge on any atom is -0.400 e. The van der Waals surface area contributed by atoms with E-state index in [9.17, 15) is 5.11 Å². The quantitative estimate of drug-likeness (QED) is 0.419. The molecule has 1 aromatic rings. The maximum atomic E-state index is 11.3. The molecule has 0 spiro atoms. The monoisotopic (exact) mass is 533 g/mol. The van der Waals surface area contributed by atoms with E-state index in [-0.39, 0.29) is 18.4 Å². The van der Waals surface area contributed by atoms with Crippen molar-refractivity contribution in [2.45, 2.75) is 63.5 Å². The summed E-state index contributed by atoms with van der Waals surface area (Å²) in [6, 6.07) is 0. The summed E-state index contributed by atoms with van der Waals surface area (Å²) in [5, 5.41) is 29.3. The van der Waals surface area contributed by atoms with Gasteiger partial charge in [0.05, 0.1) is 34.3 Å².